The number of rotatable bonds is 3. The average molecular weight is 265 g/mol. The Morgan fingerprint density at radius 2 is 1.80 bits per heavy atom. The summed E-state index contributed by atoms with van der Waals surface area (Å²) in [6, 6.07) is 16.3. The highest BCUT2D eigenvalue weighted by atomic mass is 16.4. The monoisotopic (exact) mass is 265 g/mol. The van der Waals surface area contributed by atoms with Crippen LogP contribution in [0.4, 0.5) is 0 Å². The van der Waals surface area contributed by atoms with Gasteiger partial charge in [-0.25, -0.2) is 9.78 Å². The van der Waals surface area contributed by atoms with Gasteiger partial charge in [0, 0.05) is 11.1 Å². The molecule has 3 rings (SSSR count). The molecule has 0 spiro atoms. The molecular formula is C16H11NO3. The number of benzene rings is 1. The van der Waals surface area contributed by atoms with E-state index in [9.17, 15) is 4.79 Å². The van der Waals surface area contributed by atoms with Gasteiger partial charge in [-0.1, -0.05) is 24.3 Å². The van der Waals surface area contributed by atoms with Crippen molar-refractivity contribution in [3.8, 4) is 22.6 Å². The minimum atomic E-state index is -1.03. The third kappa shape index (κ3) is 2.31. The zero-order chi connectivity index (χ0) is 13.9. The topological polar surface area (TPSA) is 63.3 Å². The zero-order valence-corrected chi connectivity index (χ0v) is 10.5. The van der Waals surface area contributed by atoms with Crippen molar-refractivity contribution >= 4 is 5.97 Å². The van der Waals surface area contributed by atoms with Crippen LogP contribution in [-0.4, -0.2) is 16.1 Å². The molecule has 1 N–H and O–H groups in total. The van der Waals surface area contributed by atoms with Gasteiger partial charge in [0.05, 0.1) is 12.0 Å². The molecule has 4 nitrogen and oxygen atoms in total. The van der Waals surface area contributed by atoms with Gasteiger partial charge in [0.1, 0.15) is 11.5 Å². The first-order chi connectivity index (χ1) is 9.74. The Balaban J connectivity index is 2.04. The first kappa shape index (κ1) is 12.2. The predicted octanol–water partition coefficient (Wildman–Crippen LogP) is 3.71. The van der Waals surface area contributed by atoms with E-state index >= 15 is 0 Å². The molecule has 0 aliphatic heterocycles. The first-order valence-corrected chi connectivity index (χ1v) is 6.09. The van der Waals surface area contributed by atoms with Crippen LogP contribution >= 0.6 is 0 Å². The number of carboxylic acid groups (broad SMARTS) is 1. The summed E-state index contributed by atoms with van der Waals surface area (Å²) < 4.78 is 5.36. The van der Waals surface area contributed by atoms with Crippen LogP contribution in [-0.2, 0) is 0 Å². The Labute approximate surface area is 115 Å². The summed E-state index contributed by atoms with van der Waals surface area (Å²) in [5.74, 6) is -0.268. The highest BCUT2D eigenvalue weighted by Crippen LogP contribution is 2.25. The van der Waals surface area contributed by atoms with E-state index in [1.54, 1.807) is 18.4 Å². The van der Waals surface area contributed by atoms with Gasteiger partial charge in [-0.3, -0.25) is 0 Å². The fourth-order valence-corrected chi connectivity index (χ4v) is 1.99. The molecule has 0 aliphatic carbocycles. The fraction of sp³-hybridized carbons (Fsp3) is 0. The molecule has 0 saturated heterocycles. The number of hydrogen-bond donors (Lipinski definition) is 1. The number of nitrogens with zero attached hydrogens (tertiary/aromatic N) is 1. The molecule has 0 unspecified atom stereocenters. The van der Waals surface area contributed by atoms with Crippen LogP contribution in [0, 0.1) is 0 Å². The van der Waals surface area contributed by atoms with Gasteiger partial charge in [0.15, 0.2) is 0 Å². The van der Waals surface area contributed by atoms with Gasteiger partial charge >= 0.3 is 5.97 Å². The molecule has 0 saturated carbocycles. The number of hydrogen-bond acceptors (Lipinski definition) is 3. The van der Waals surface area contributed by atoms with Gasteiger partial charge in [-0.05, 0) is 30.3 Å². The molecule has 2 heterocycles. The fourth-order valence-electron chi connectivity index (χ4n) is 1.99. The molecule has 20 heavy (non-hydrogen) atoms. The van der Waals surface area contributed by atoms with Crippen LogP contribution in [0.15, 0.2) is 65.3 Å². The van der Waals surface area contributed by atoms with E-state index in [1.165, 1.54) is 6.07 Å². The molecule has 0 aliphatic rings. The summed E-state index contributed by atoms with van der Waals surface area (Å²) in [7, 11) is 0. The highest BCUT2D eigenvalue weighted by Gasteiger charge is 2.08. The molecular weight excluding hydrogens is 254 g/mol. The summed E-state index contributed by atoms with van der Waals surface area (Å²) >= 11 is 0. The zero-order valence-electron chi connectivity index (χ0n) is 10.5. The number of carboxylic acids is 1. The van der Waals surface area contributed by atoms with E-state index in [0.29, 0.717) is 5.69 Å². The lowest BCUT2D eigenvalue weighted by atomic mass is 10.1. The van der Waals surface area contributed by atoms with Crippen molar-refractivity contribution in [1.29, 1.82) is 0 Å². The maximum absolute atomic E-state index is 11.0. The van der Waals surface area contributed by atoms with Crippen molar-refractivity contribution in [3.05, 3.63) is 66.6 Å². The van der Waals surface area contributed by atoms with E-state index in [4.69, 9.17) is 9.52 Å². The second-order valence-electron chi connectivity index (χ2n) is 4.27. The predicted molar refractivity (Wildman–Crippen MR) is 74.3 cm³/mol. The second kappa shape index (κ2) is 5.01. The van der Waals surface area contributed by atoms with E-state index in [1.807, 2.05) is 36.4 Å². The SMILES string of the molecule is O=C(O)c1cccc(-c2cccc(-c3ccco3)c2)n1. The lowest BCUT2D eigenvalue weighted by Gasteiger charge is -2.04. The summed E-state index contributed by atoms with van der Waals surface area (Å²) in [6.07, 6.45) is 1.62. The Morgan fingerprint density at radius 1 is 1.00 bits per heavy atom. The lowest BCUT2D eigenvalue weighted by molar-refractivity contribution is 0.0690. The van der Waals surface area contributed by atoms with Crippen LogP contribution in [0.5, 0.6) is 0 Å². The van der Waals surface area contributed by atoms with Crippen LogP contribution in [0.2, 0.25) is 0 Å². The van der Waals surface area contributed by atoms with Gasteiger partial charge < -0.3 is 9.52 Å². The van der Waals surface area contributed by atoms with Crippen molar-refractivity contribution in [2.45, 2.75) is 0 Å². The largest absolute Gasteiger partial charge is 0.477 e. The normalized spacial score (nSPS) is 10.4. The Kier molecular flexibility index (Phi) is 3.05. The van der Waals surface area contributed by atoms with Gasteiger partial charge in [0.25, 0.3) is 0 Å². The third-order valence-corrected chi connectivity index (χ3v) is 2.93. The number of aromatic carboxylic acids is 1. The molecule has 0 fully saturated rings. The minimum Gasteiger partial charge on any atom is -0.477 e. The van der Waals surface area contributed by atoms with E-state index in [2.05, 4.69) is 4.98 Å². The van der Waals surface area contributed by atoms with E-state index in [0.717, 1.165) is 16.9 Å². The highest BCUT2D eigenvalue weighted by molar-refractivity contribution is 5.86. The first-order valence-electron chi connectivity index (χ1n) is 6.09. The number of pyridine rings is 1. The maximum atomic E-state index is 11.0. The number of carbonyl (C=O) groups is 1. The smallest absolute Gasteiger partial charge is 0.354 e. The minimum absolute atomic E-state index is 0.0332. The molecule has 2 aromatic heterocycles. The van der Waals surface area contributed by atoms with Crippen LogP contribution in [0.1, 0.15) is 10.5 Å². The van der Waals surface area contributed by atoms with Gasteiger partial charge in [-0.15, -0.1) is 0 Å². The molecule has 4 heteroatoms. The van der Waals surface area contributed by atoms with Crippen LogP contribution in [0.25, 0.3) is 22.6 Å². The molecule has 0 radical (unpaired) electrons. The van der Waals surface area contributed by atoms with Gasteiger partial charge in [0.2, 0.25) is 0 Å². The van der Waals surface area contributed by atoms with Crippen LogP contribution < -0.4 is 0 Å². The number of furan rings is 1. The van der Waals surface area contributed by atoms with Crippen LogP contribution in [0.3, 0.4) is 0 Å². The van der Waals surface area contributed by atoms with Crippen molar-refractivity contribution < 1.29 is 14.3 Å². The van der Waals surface area contributed by atoms with Crippen molar-refractivity contribution in [2.24, 2.45) is 0 Å². The lowest BCUT2D eigenvalue weighted by Crippen LogP contribution is -2.00. The van der Waals surface area contributed by atoms with E-state index < -0.39 is 5.97 Å². The average Bonchev–Trinajstić information content (AvgIpc) is 3.02. The molecule has 0 bridgehead atoms. The summed E-state index contributed by atoms with van der Waals surface area (Å²) in [5.41, 5.74) is 2.43. The Bertz CT molecular complexity index is 748. The Hall–Kier alpha value is -2.88. The number of aromatic nitrogens is 1. The Morgan fingerprint density at radius 3 is 2.55 bits per heavy atom. The van der Waals surface area contributed by atoms with E-state index in [-0.39, 0.29) is 5.69 Å². The van der Waals surface area contributed by atoms with Gasteiger partial charge in [-0.2, -0.15) is 0 Å². The summed E-state index contributed by atoms with van der Waals surface area (Å²) in [4.78, 5) is 15.1. The molecule has 1 aromatic carbocycles. The summed E-state index contributed by atoms with van der Waals surface area (Å²) in [6.45, 7) is 0. The van der Waals surface area contributed by atoms with Crippen molar-refractivity contribution in [3.63, 3.8) is 0 Å². The molecule has 0 atom stereocenters. The second-order valence-corrected chi connectivity index (χ2v) is 4.27. The summed E-state index contributed by atoms with van der Waals surface area (Å²) in [5, 5.41) is 8.98. The van der Waals surface area contributed by atoms with Crippen molar-refractivity contribution in [1.82, 2.24) is 4.98 Å². The maximum Gasteiger partial charge on any atom is 0.354 e. The third-order valence-electron chi connectivity index (χ3n) is 2.93. The molecule has 0 amide bonds. The standard InChI is InChI=1S/C16H11NO3/c18-16(19)14-7-2-6-13(17-14)11-4-1-5-12(10-11)15-8-3-9-20-15/h1-10H,(H,18,19). The molecule has 98 valence electrons. The van der Waals surface area contributed by atoms with Crippen molar-refractivity contribution in [2.75, 3.05) is 0 Å². The quantitative estimate of drug-likeness (QED) is 0.784. The molecule has 3 aromatic rings.